The molecule has 0 radical (unpaired) electrons. The van der Waals surface area contributed by atoms with Gasteiger partial charge in [0.1, 0.15) is 0 Å². The number of nitro benzene ring substituents is 1. The minimum absolute atomic E-state index is 0.0491. The Labute approximate surface area is 131 Å². The third kappa shape index (κ3) is 3.81. The zero-order chi connectivity index (χ0) is 16.1. The molecule has 0 aliphatic carbocycles. The van der Waals surface area contributed by atoms with E-state index in [1.807, 2.05) is 6.07 Å². The van der Waals surface area contributed by atoms with Gasteiger partial charge in [-0.25, -0.2) is 0 Å². The molecular weight excluding hydrogens is 308 g/mol. The zero-order valence-corrected chi connectivity index (χ0v) is 12.5. The lowest BCUT2D eigenvalue weighted by Gasteiger charge is -2.08. The molecule has 0 saturated heterocycles. The number of carbonyl (C=O) groups is 1. The third-order valence-corrected chi connectivity index (χ3v) is 3.23. The largest absolute Gasteiger partial charge is 0.380 e. The van der Waals surface area contributed by atoms with Crippen LogP contribution in [0.15, 0.2) is 42.5 Å². The molecule has 2 aromatic rings. The molecule has 2 aromatic carbocycles. The van der Waals surface area contributed by atoms with Crippen molar-refractivity contribution >= 4 is 28.9 Å². The second-order valence-electron chi connectivity index (χ2n) is 4.51. The summed E-state index contributed by atoms with van der Waals surface area (Å²) in [5, 5.41) is 13.6. The van der Waals surface area contributed by atoms with Gasteiger partial charge in [0.25, 0.3) is 11.6 Å². The first-order chi connectivity index (χ1) is 10.5. The quantitative estimate of drug-likeness (QED) is 0.673. The summed E-state index contributed by atoms with van der Waals surface area (Å²) in [5.41, 5.74) is 1.31. The molecule has 0 bridgehead atoms. The summed E-state index contributed by atoms with van der Waals surface area (Å²) in [4.78, 5) is 22.4. The molecule has 2 rings (SSSR count). The molecule has 0 spiro atoms. The van der Waals surface area contributed by atoms with Crippen LogP contribution in [0.5, 0.6) is 0 Å². The fraction of sp³-hybridized carbons (Fsp3) is 0.133. The van der Waals surface area contributed by atoms with E-state index in [0.29, 0.717) is 12.3 Å². The lowest BCUT2D eigenvalue weighted by atomic mass is 10.1. The average Bonchev–Trinajstić information content (AvgIpc) is 2.48. The van der Waals surface area contributed by atoms with Crippen molar-refractivity contribution in [3.8, 4) is 0 Å². The maximum absolute atomic E-state index is 12.2. The van der Waals surface area contributed by atoms with Crippen LogP contribution in [-0.4, -0.2) is 17.9 Å². The smallest absolute Gasteiger partial charge is 0.270 e. The van der Waals surface area contributed by atoms with E-state index in [4.69, 9.17) is 16.3 Å². The summed E-state index contributed by atoms with van der Waals surface area (Å²) in [6, 6.07) is 10.8. The molecule has 0 atom stereocenters. The van der Waals surface area contributed by atoms with Gasteiger partial charge in [-0.3, -0.25) is 14.9 Å². The van der Waals surface area contributed by atoms with Crippen molar-refractivity contribution in [1.29, 1.82) is 0 Å². The highest BCUT2D eigenvalue weighted by atomic mass is 35.5. The van der Waals surface area contributed by atoms with Crippen LogP contribution in [0.1, 0.15) is 15.9 Å². The number of nitrogens with zero attached hydrogens (tertiary/aromatic N) is 1. The second-order valence-corrected chi connectivity index (χ2v) is 4.92. The van der Waals surface area contributed by atoms with E-state index in [1.165, 1.54) is 12.1 Å². The van der Waals surface area contributed by atoms with Crippen molar-refractivity contribution in [2.24, 2.45) is 0 Å². The third-order valence-electron chi connectivity index (χ3n) is 2.90. The van der Waals surface area contributed by atoms with Crippen LogP contribution in [0.3, 0.4) is 0 Å². The summed E-state index contributed by atoms with van der Waals surface area (Å²) >= 11 is 5.94. The number of halogens is 1. The highest BCUT2D eigenvalue weighted by Gasteiger charge is 2.16. The topological polar surface area (TPSA) is 81.5 Å². The van der Waals surface area contributed by atoms with Gasteiger partial charge in [-0.1, -0.05) is 23.7 Å². The molecule has 0 heterocycles. The minimum atomic E-state index is -0.577. The van der Waals surface area contributed by atoms with Crippen molar-refractivity contribution in [2.45, 2.75) is 6.61 Å². The highest BCUT2D eigenvalue weighted by molar-refractivity contribution is 6.34. The first-order valence-corrected chi connectivity index (χ1v) is 6.72. The number of carbonyl (C=O) groups excluding carboxylic acids is 1. The number of nitro groups is 1. The molecule has 7 heteroatoms. The lowest BCUT2D eigenvalue weighted by Crippen LogP contribution is -2.13. The molecule has 114 valence electrons. The maximum atomic E-state index is 12.2. The predicted octanol–water partition coefficient (Wildman–Crippen LogP) is 3.65. The normalized spacial score (nSPS) is 10.3. The van der Waals surface area contributed by atoms with Gasteiger partial charge in [0.15, 0.2) is 0 Å². The van der Waals surface area contributed by atoms with Gasteiger partial charge >= 0.3 is 0 Å². The van der Waals surface area contributed by atoms with E-state index in [1.54, 1.807) is 25.3 Å². The standard InChI is InChI=1S/C15H13ClN2O4/c1-22-9-10-3-2-4-11(7-10)17-15(19)13-8-12(18(20)21)5-6-14(13)16/h2-8H,9H2,1H3,(H,17,19). The SMILES string of the molecule is COCc1cccc(NC(=O)c2cc([N+](=O)[O-])ccc2Cl)c1. The van der Waals surface area contributed by atoms with E-state index >= 15 is 0 Å². The van der Waals surface area contributed by atoms with Gasteiger partial charge in [0.05, 0.1) is 22.1 Å². The van der Waals surface area contributed by atoms with E-state index in [-0.39, 0.29) is 16.3 Å². The minimum Gasteiger partial charge on any atom is -0.380 e. The molecular formula is C15H13ClN2O4. The fourth-order valence-corrected chi connectivity index (χ4v) is 2.11. The van der Waals surface area contributed by atoms with Crippen LogP contribution >= 0.6 is 11.6 Å². The van der Waals surface area contributed by atoms with Crippen LogP contribution in [0.4, 0.5) is 11.4 Å². The fourth-order valence-electron chi connectivity index (χ4n) is 1.90. The van der Waals surface area contributed by atoms with Crippen LogP contribution in [0.2, 0.25) is 5.02 Å². The van der Waals surface area contributed by atoms with Gasteiger partial charge in [-0.15, -0.1) is 0 Å². The number of methoxy groups -OCH3 is 1. The molecule has 0 saturated carbocycles. The molecule has 0 unspecified atom stereocenters. The number of hydrogen-bond donors (Lipinski definition) is 1. The van der Waals surface area contributed by atoms with E-state index in [9.17, 15) is 14.9 Å². The molecule has 0 aromatic heterocycles. The second kappa shape index (κ2) is 7.02. The van der Waals surface area contributed by atoms with Crippen molar-refractivity contribution in [2.75, 3.05) is 12.4 Å². The lowest BCUT2D eigenvalue weighted by molar-refractivity contribution is -0.384. The highest BCUT2D eigenvalue weighted by Crippen LogP contribution is 2.23. The van der Waals surface area contributed by atoms with E-state index in [2.05, 4.69) is 5.32 Å². The van der Waals surface area contributed by atoms with Gasteiger partial charge in [-0.05, 0) is 23.8 Å². The number of ether oxygens (including phenoxy) is 1. The monoisotopic (exact) mass is 320 g/mol. The van der Waals surface area contributed by atoms with Crippen LogP contribution in [0.25, 0.3) is 0 Å². The summed E-state index contributed by atoms with van der Waals surface area (Å²) < 4.78 is 5.02. The van der Waals surface area contributed by atoms with Gasteiger partial charge in [0.2, 0.25) is 0 Å². The molecule has 0 aliphatic rings. The summed E-state index contributed by atoms with van der Waals surface area (Å²) in [6.07, 6.45) is 0. The molecule has 22 heavy (non-hydrogen) atoms. The Morgan fingerprint density at radius 2 is 2.09 bits per heavy atom. The van der Waals surface area contributed by atoms with Crippen molar-refractivity contribution in [1.82, 2.24) is 0 Å². The van der Waals surface area contributed by atoms with Crippen molar-refractivity contribution < 1.29 is 14.5 Å². The Balaban J connectivity index is 2.23. The van der Waals surface area contributed by atoms with Crippen LogP contribution < -0.4 is 5.32 Å². The van der Waals surface area contributed by atoms with Crippen LogP contribution in [0, 0.1) is 10.1 Å². The Hall–Kier alpha value is -2.44. The predicted molar refractivity (Wildman–Crippen MR) is 83.2 cm³/mol. The number of rotatable bonds is 5. The van der Waals surface area contributed by atoms with Crippen molar-refractivity contribution in [3.05, 3.63) is 68.7 Å². The molecule has 1 amide bonds. The van der Waals surface area contributed by atoms with Gasteiger partial charge in [0, 0.05) is 24.9 Å². The number of hydrogen-bond acceptors (Lipinski definition) is 4. The van der Waals surface area contributed by atoms with Gasteiger partial charge < -0.3 is 10.1 Å². The Bertz CT molecular complexity index is 718. The number of benzene rings is 2. The molecule has 1 N–H and O–H groups in total. The Morgan fingerprint density at radius 1 is 1.32 bits per heavy atom. The van der Waals surface area contributed by atoms with Gasteiger partial charge in [-0.2, -0.15) is 0 Å². The average molecular weight is 321 g/mol. The first kappa shape index (κ1) is 15.9. The first-order valence-electron chi connectivity index (χ1n) is 6.34. The molecule has 6 nitrogen and oxygen atoms in total. The number of anilines is 1. The van der Waals surface area contributed by atoms with Crippen LogP contribution in [-0.2, 0) is 11.3 Å². The molecule has 0 aliphatic heterocycles. The molecule has 0 fully saturated rings. The number of amides is 1. The zero-order valence-electron chi connectivity index (χ0n) is 11.7. The summed E-state index contributed by atoms with van der Waals surface area (Å²) in [7, 11) is 1.58. The summed E-state index contributed by atoms with van der Waals surface area (Å²) in [6.45, 7) is 0.418. The van der Waals surface area contributed by atoms with E-state index in [0.717, 1.165) is 11.6 Å². The van der Waals surface area contributed by atoms with Crippen molar-refractivity contribution in [3.63, 3.8) is 0 Å². The van der Waals surface area contributed by atoms with E-state index < -0.39 is 10.8 Å². The summed E-state index contributed by atoms with van der Waals surface area (Å²) in [5.74, 6) is -0.511. The number of non-ortho nitro benzene ring substituents is 1. The Kier molecular flexibility index (Phi) is 5.08. The number of nitrogens with one attached hydrogen (secondary N) is 1. The maximum Gasteiger partial charge on any atom is 0.270 e. The Morgan fingerprint density at radius 3 is 2.77 bits per heavy atom.